The summed E-state index contributed by atoms with van der Waals surface area (Å²) >= 11 is 1.87. The van der Waals surface area contributed by atoms with Crippen LogP contribution >= 0.6 is 11.3 Å². The summed E-state index contributed by atoms with van der Waals surface area (Å²) in [7, 11) is 0. The van der Waals surface area contributed by atoms with Gasteiger partial charge in [0.05, 0.1) is 18.3 Å². The number of aromatic nitrogens is 2. The van der Waals surface area contributed by atoms with Crippen LogP contribution in [-0.2, 0) is 22.6 Å². The summed E-state index contributed by atoms with van der Waals surface area (Å²) in [5, 5.41) is 22.6. The normalized spacial score (nSPS) is 12.3. The van der Waals surface area contributed by atoms with E-state index < -0.39 is 11.9 Å². The molecule has 1 aromatic carbocycles. The van der Waals surface area contributed by atoms with Crippen molar-refractivity contribution in [3.8, 4) is 0 Å². The van der Waals surface area contributed by atoms with E-state index in [2.05, 4.69) is 30.2 Å². The molecule has 26 heavy (non-hydrogen) atoms. The highest BCUT2D eigenvalue weighted by Gasteiger charge is 2.10. The molecule has 2 aromatic heterocycles. The predicted molar refractivity (Wildman–Crippen MR) is 103 cm³/mol. The number of fused-ring (bicyclic) bond motifs is 3. The number of aryl methyl sites for hydroxylation is 1. The van der Waals surface area contributed by atoms with Crippen LogP contribution in [0.25, 0.3) is 21.0 Å². The third kappa shape index (κ3) is 4.90. The van der Waals surface area contributed by atoms with Crippen molar-refractivity contribution in [3.63, 3.8) is 0 Å². The zero-order valence-corrected chi connectivity index (χ0v) is 15.4. The molecule has 0 amide bonds. The van der Waals surface area contributed by atoms with Gasteiger partial charge >= 0.3 is 11.9 Å². The maximum Gasteiger partial charge on any atom is 0.328 e. The number of rotatable bonds is 5. The Morgan fingerprint density at radius 3 is 2.50 bits per heavy atom. The second-order valence-electron chi connectivity index (χ2n) is 5.80. The fraction of sp³-hybridized carbons (Fsp3) is 0.278. The number of carboxylic acids is 2. The van der Waals surface area contributed by atoms with Crippen molar-refractivity contribution in [2.75, 3.05) is 0 Å². The van der Waals surface area contributed by atoms with Crippen molar-refractivity contribution in [3.05, 3.63) is 41.4 Å². The molecule has 0 saturated heterocycles. The Bertz CT molecular complexity index is 940. The van der Waals surface area contributed by atoms with E-state index >= 15 is 0 Å². The number of benzene rings is 1. The molecule has 0 saturated carbocycles. The van der Waals surface area contributed by atoms with Crippen LogP contribution in [0, 0.1) is 0 Å². The molecule has 7 nitrogen and oxygen atoms in total. The second-order valence-corrected chi connectivity index (χ2v) is 6.96. The molecule has 0 spiro atoms. The molecule has 138 valence electrons. The van der Waals surface area contributed by atoms with Gasteiger partial charge in [0.1, 0.15) is 0 Å². The Morgan fingerprint density at radius 2 is 1.96 bits per heavy atom. The topological polar surface area (TPSA) is 118 Å². The van der Waals surface area contributed by atoms with E-state index in [9.17, 15) is 9.59 Å². The number of hydrogen-bond acceptors (Lipinski definition) is 5. The first kappa shape index (κ1) is 19.6. The van der Waals surface area contributed by atoms with Crippen LogP contribution in [0.15, 0.2) is 36.5 Å². The first-order valence-electron chi connectivity index (χ1n) is 8.08. The van der Waals surface area contributed by atoms with Gasteiger partial charge in [0.2, 0.25) is 0 Å². The molecule has 0 aliphatic rings. The fourth-order valence-corrected chi connectivity index (χ4v) is 3.48. The minimum Gasteiger partial charge on any atom is -0.478 e. The molecule has 3 aromatic rings. The maximum absolute atomic E-state index is 9.55. The SMILES string of the molecule is CCc1cc2c(ccc3cnn(C[C@H](C)N)c32)s1.O=C(O)C=CC(=O)O. The zero-order valence-electron chi connectivity index (χ0n) is 14.5. The average Bonchev–Trinajstić information content (AvgIpc) is 3.16. The minimum absolute atomic E-state index is 0.118. The van der Waals surface area contributed by atoms with Crippen molar-refractivity contribution >= 4 is 44.3 Å². The molecular weight excluding hydrogens is 354 g/mol. The molecule has 1 atom stereocenters. The molecule has 0 fully saturated rings. The molecule has 0 bridgehead atoms. The summed E-state index contributed by atoms with van der Waals surface area (Å²) in [5.41, 5.74) is 7.11. The van der Waals surface area contributed by atoms with Crippen LogP contribution in [0.1, 0.15) is 18.7 Å². The maximum atomic E-state index is 9.55. The Balaban J connectivity index is 0.000000260. The largest absolute Gasteiger partial charge is 0.478 e. The molecule has 0 aliphatic heterocycles. The third-order valence-electron chi connectivity index (χ3n) is 3.53. The van der Waals surface area contributed by atoms with Gasteiger partial charge in [-0.05, 0) is 31.5 Å². The van der Waals surface area contributed by atoms with Gasteiger partial charge in [-0.25, -0.2) is 9.59 Å². The van der Waals surface area contributed by atoms with E-state index in [-0.39, 0.29) is 6.04 Å². The highest BCUT2D eigenvalue weighted by Crippen LogP contribution is 2.32. The summed E-state index contributed by atoms with van der Waals surface area (Å²) < 4.78 is 3.37. The fourth-order valence-electron chi connectivity index (χ4n) is 2.48. The Hall–Kier alpha value is -2.71. The van der Waals surface area contributed by atoms with Crippen molar-refractivity contribution in [2.24, 2.45) is 5.73 Å². The van der Waals surface area contributed by atoms with Gasteiger partial charge in [-0.3, -0.25) is 4.68 Å². The van der Waals surface area contributed by atoms with Gasteiger partial charge in [-0.2, -0.15) is 5.10 Å². The lowest BCUT2D eigenvalue weighted by atomic mass is 10.2. The van der Waals surface area contributed by atoms with Gasteiger partial charge in [0.15, 0.2) is 0 Å². The van der Waals surface area contributed by atoms with Crippen LogP contribution in [0.4, 0.5) is 0 Å². The van der Waals surface area contributed by atoms with E-state index in [1.54, 1.807) is 0 Å². The molecule has 3 rings (SSSR count). The lowest BCUT2D eigenvalue weighted by Crippen LogP contribution is -2.22. The number of thiophene rings is 1. The molecule has 4 N–H and O–H groups in total. The summed E-state index contributed by atoms with van der Waals surface area (Å²) in [4.78, 5) is 20.5. The second kappa shape index (κ2) is 8.59. The number of nitrogens with zero attached hydrogens (tertiary/aromatic N) is 2. The van der Waals surface area contributed by atoms with Gasteiger partial charge in [0, 0.05) is 38.5 Å². The smallest absolute Gasteiger partial charge is 0.328 e. The van der Waals surface area contributed by atoms with Crippen molar-refractivity contribution < 1.29 is 19.8 Å². The van der Waals surface area contributed by atoms with Gasteiger partial charge in [-0.1, -0.05) is 6.92 Å². The predicted octanol–water partition coefficient (Wildman–Crippen LogP) is 2.87. The van der Waals surface area contributed by atoms with Crippen molar-refractivity contribution in [1.29, 1.82) is 0 Å². The lowest BCUT2D eigenvalue weighted by molar-refractivity contribution is -0.134. The summed E-state index contributed by atoms with van der Waals surface area (Å²) in [6.07, 6.45) is 4.13. The first-order valence-corrected chi connectivity index (χ1v) is 8.90. The van der Waals surface area contributed by atoms with Crippen LogP contribution in [0.3, 0.4) is 0 Å². The number of carboxylic acid groups (broad SMARTS) is 2. The molecule has 0 unspecified atom stereocenters. The number of nitrogens with two attached hydrogens (primary N) is 1. The third-order valence-corrected chi connectivity index (χ3v) is 4.77. The molecular formula is C18H21N3O4S. The van der Waals surface area contributed by atoms with Crippen LogP contribution in [0.2, 0.25) is 0 Å². The number of aliphatic carboxylic acids is 2. The highest BCUT2D eigenvalue weighted by molar-refractivity contribution is 7.19. The van der Waals surface area contributed by atoms with Crippen LogP contribution in [0.5, 0.6) is 0 Å². The van der Waals surface area contributed by atoms with Gasteiger partial charge in [-0.15, -0.1) is 11.3 Å². The number of carbonyl (C=O) groups is 2. The quantitative estimate of drug-likeness (QED) is 0.590. The van der Waals surface area contributed by atoms with E-state index in [0.29, 0.717) is 12.2 Å². The number of hydrogen-bond donors (Lipinski definition) is 3. The molecule has 0 radical (unpaired) electrons. The molecule has 2 heterocycles. The minimum atomic E-state index is -1.26. The Morgan fingerprint density at radius 1 is 1.31 bits per heavy atom. The standard InChI is InChI=1S/C14H17N3S.C4H4O4/c1-3-11-6-12-13(18-11)5-4-10-7-16-17(14(10)12)8-9(2)15;5-3(6)1-2-4(7)8/h4-7,9H,3,8,15H2,1-2H3;1-2H,(H,5,6)(H,7,8)/t9-;/m0./s1. The lowest BCUT2D eigenvalue weighted by Gasteiger charge is -2.07. The van der Waals surface area contributed by atoms with Crippen molar-refractivity contribution in [1.82, 2.24) is 9.78 Å². The van der Waals surface area contributed by atoms with Crippen LogP contribution in [-0.4, -0.2) is 38.0 Å². The zero-order chi connectivity index (χ0) is 19.3. The summed E-state index contributed by atoms with van der Waals surface area (Å²) in [5.74, 6) is -2.51. The molecule has 0 aliphatic carbocycles. The van der Waals surface area contributed by atoms with Crippen molar-refractivity contribution in [2.45, 2.75) is 32.9 Å². The van der Waals surface area contributed by atoms with E-state index in [4.69, 9.17) is 15.9 Å². The van der Waals surface area contributed by atoms with Gasteiger partial charge < -0.3 is 15.9 Å². The van der Waals surface area contributed by atoms with Crippen LogP contribution < -0.4 is 5.73 Å². The molecule has 8 heteroatoms. The Labute approximate surface area is 154 Å². The van der Waals surface area contributed by atoms with E-state index in [1.807, 2.05) is 29.1 Å². The monoisotopic (exact) mass is 375 g/mol. The summed E-state index contributed by atoms with van der Waals surface area (Å²) in [6, 6.07) is 6.76. The highest BCUT2D eigenvalue weighted by atomic mass is 32.1. The summed E-state index contributed by atoms with van der Waals surface area (Å²) in [6.45, 7) is 4.97. The van der Waals surface area contributed by atoms with E-state index in [0.717, 1.165) is 13.0 Å². The van der Waals surface area contributed by atoms with E-state index in [1.165, 1.54) is 25.9 Å². The Kier molecular flexibility index (Phi) is 6.48. The average molecular weight is 375 g/mol. The van der Waals surface area contributed by atoms with Gasteiger partial charge in [0.25, 0.3) is 0 Å². The first-order chi connectivity index (χ1) is 12.3.